The number of carbonyl (C=O) groups excluding carboxylic acids is 1. The average Bonchev–Trinajstić information content (AvgIpc) is 3.12. The van der Waals surface area contributed by atoms with Gasteiger partial charge >= 0.3 is 0 Å². The van der Waals surface area contributed by atoms with Gasteiger partial charge in [0.05, 0.1) is 18.3 Å². The van der Waals surface area contributed by atoms with Crippen molar-refractivity contribution in [3.8, 4) is 0 Å². The molecule has 0 aromatic carbocycles. The van der Waals surface area contributed by atoms with Gasteiger partial charge in [0.25, 0.3) is 0 Å². The van der Waals surface area contributed by atoms with E-state index in [1.807, 2.05) is 35.9 Å². The zero-order chi connectivity index (χ0) is 14.8. The maximum atomic E-state index is 12.1. The number of ether oxygens (including phenoxy) is 1. The molecule has 2 atom stereocenters. The van der Waals surface area contributed by atoms with E-state index in [2.05, 4.69) is 10.3 Å². The first kappa shape index (κ1) is 14.0. The van der Waals surface area contributed by atoms with E-state index in [4.69, 9.17) is 10.5 Å². The molecule has 0 aliphatic carbocycles. The number of imidazole rings is 1. The summed E-state index contributed by atoms with van der Waals surface area (Å²) in [7, 11) is 0. The fourth-order valence-corrected chi connectivity index (χ4v) is 2.65. The third-order valence-electron chi connectivity index (χ3n) is 3.83. The minimum absolute atomic E-state index is 0.0126. The van der Waals surface area contributed by atoms with Gasteiger partial charge in [-0.25, -0.2) is 4.98 Å². The highest BCUT2D eigenvalue weighted by atomic mass is 16.5. The van der Waals surface area contributed by atoms with E-state index < -0.39 is 0 Å². The Labute approximate surface area is 123 Å². The van der Waals surface area contributed by atoms with E-state index in [0.29, 0.717) is 13.1 Å². The highest BCUT2D eigenvalue weighted by Gasteiger charge is 2.29. The van der Waals surface area contributed by atoms with Crippen molar-refractivity contribution in [1.82, 2.24) is 14.7 Å². The van der Waals surface area contributed by atoms with Crippen LogP contribution in [0.25, 0.3) is 5.65 Å². The molecule has 21 heavy (non-hydrogen) atoms. The van der Waals surface area contributed by atoms with E-state index in [1.54, 1.807) is 0 Å². The lowest BCUT2D eigenvalue weighted by atomic mass is 10.2. The van der Waals surface area contributed by atoms with Crippen LogP contribution in [-0.2, 0) is 16.1 Å². The summed E-state index contributed by atoms with van der Waals surface area (Å²) in [5, 5.41) is 2.89. The summed E-state index contributed by atoms with van der Waals surface area (Å²) in [6.45, 7) is 2.90. The predicted molar refractivity (Wildman–Crippen MR) is 78.7 cm³/mol. The molecular formula is C15H20N4O2. The fraction of sp³-hybridized carbons (Fsp3) is 0.467. The summed E-state index contributed by atoms with van der Waals surface area (Å²) in [6, 6.07) is 4.00. The summed E-state index contributed by atoms with van der Waals surface area (Å²) in [6.07, 6.45) is 5.10. The molecule has 2 aromatic heterocycles. The van der Waals surface area contributed by atoms with Crippen molar-refractivity contribution in [2.75, 3.05) is 6.54 Å². The van der Waals surface area contributed by atoms with E-state index in [-0.39, 0.29) is 18.1 Å². The Morgan fingerprint density at radius 3 is 3.14 bits per heavy atom. The molecule has 1 saturated heterocycles. The Morgan fingerprint density at radius 1 is 1.57 bits per heavy atom. The minimum atomic E-state index is -0.377. The van der Waals surface area contributed by atoms with Gasteiger partial charge in [0.15, 0.2) is 0 Å². The number of aromatic nitrogens is 2. The number of aryl methyl sites for hydroxylation is 1. The van der Waals surface area contributed by atoms with Gasteiger partial charge in [-0.15, -0.1) is 0 Å². The largest absolute Gasteiger partial charge is 0.364 e. The summed E-state index contributed by atoms with van der Waals surface area (Å²) >= 11 is 0. The molecule has 1 amide bonds. The van der Waals surface area contributed by atoms with Gasteiger partial charge in [-0.2, -0.15) is 0 Å². The number of rotatable bonds is 4. The lowest BCUT2D eigenvalue weighted by Gasteiger charge is -2.11. The SMILES string of the molecule is Cc1cccn2cc(CNC(=O)[C@@H]3CC[C@H](CN)O3)nc12. The molecule has 1 fully saturated rings. The summed E-state index contributed by atoms with van der Waals surface area (Å²) in [4.78, 5) is 16.6. The molecule has 0 saturated carbocycles. The molecule has 3 heterocycles. The van der Waals surface area contributed by atoms with Crippen molar-refractivity contribution >= 4 is 11.6 Å². The van der Waals surface area contributed by atoms with Crippen molar-refractivity contribution in [1.29, 1.82) is 0 Å². The molecule has 0 radical (unpaired) electrons. The van der Waals surface area contributed by atoms with Crippen molar-refractivity contribution < 1.29 is 9.53 Å². The molecule has 2 aromatic rings. The van der Waals surface area contributed by atoms with E-state index in [1.165, 1.54) is 0 Å². The normalized spacial score (nSPS) is 21.8. The van der Waals surface area contributed by atoms with Crippen LogP contribution >= 0.6 is 0 Å². The molecule has 6 heteroatoms. The number of hydrogen-bond acceptors (Lipinski definition) is 4. The van der Waals surface area contributed by atoms with Gasteiger partial charge < -0.3 is 20.2 Å². The van der Waals surface area contributed by atoms with Crippen LogP contribution in [0.4, 0.5) is 0 Å². The zero-order valence-corrected chi connectivity index (χ0v) is 12.1. The number of pyridine rings is 1. The maximum Gasteiger partial charge on any atom is 0.249 e. The molecule has 1 aliphatic heterocycles. The van der Waals surface area contributed by atoms with Crippen molar-refractivity contribution in [3.63, 3.8) is 0 Å². The lowest BCUT2D eigenvalue weighted by molar-refractivity contribution is -0.132. The Balaban J connectivity index is 1.61. The van der Waals surface area contributed by atoms with Crippen molar-refractivity contribution in [2.24, 2.45) is 5.73 Å². The molecule has 0 unspecified atom stereocenters. The quantitative estimate of drug-likeness (QED) is 0.870. The Kier molecular flexibility index (Phi) is 3.90. The minimum Gasteiger partial charge on any atom is -0.364 e. The smallest absolute Gasteiger partial charge is 0.249 e. The molecule has 0 spiro atoms. The second kappa shape index (κ2) is 5.83. The van der Waals surface area contributed by atoms with E-state index in [0.717, 1.165) is 29.7 Å². The molecule has 0 bridgehead atoms. The standard InChI is InChI=1S/C15H20N4O2/c1-10-3-2-6-19-9-11(18-14(10)19)8-17-15(20)13-5-4-12(7-16)21-13/h2-3,6,9,12-13H,4-5,7-8,16H2,1H3,(H,17,20)/t12-,13+/m1/s1. The maximum absolute atomic E-state index is 12.1. The highest BCUT2D eigenvalue weighted by Crippen LogP contribution is 2.19. The van der Waals surface area contributed by atoms with Crippen molar-refractivity contribution in [2.45, 2.75) is 38.5 Å². The number of hydrogen-bond donors (Lipinski definition) is 2. The third kappa shape index (κ3) is 2.91. The van der Waals surface area contributed by atoms with E-state index >= 15 is 0 Å². The number of nitrogens with zero attached hydrogens (tertiary/aromatic N) is 2. The van der Waals surface area contributed by atoms with Gasteiger partial charge in [0.2, 0.25) is 5.91 Å². The average molecular weight is 288 g/mol. The first-order valence-corrected chi connectivity index (χ1v) is 7.24. The van der Waals surface area contributed by atoms with Crippen LogP contribution in [0.1, 0.15) is 24.1 Å². The highest BCUT2D eigenvalue weighted by molar-refractivity contribution is 5.81. The van der Waals surface area contributed by atoms with Gasteiger partial charge in [-0.05, 0) is 31.4 Å². The topological polar surface area (TPSA) is 81.7 Å². The number of nitrogens with one attached hydrogen (secondary N) is 1. The molecular weight excluding hydrogens is 268 g/mol. The fourth-order valence-electron chi connectivity index (χ4n) is 2.65. The summed E-state index contributed by atoms with van der Waals surface area (Å²) < 4.78 is 7.54. The summed E-state index contributed by atoms with van der Waals surface area (Å²) in [5.74, 6) is -0.0836. The van der Waals surface area contributed by atoms with Crippen LogP contribution < -0.4 is 11.1 Å². The van der Waals surface area contributed by atoms with Crippen LogP contribution in [0.15, 0.2) is 24.5 Å². The Morgan fingerprint density at radius 2 is 2.43 bits per heavy atom. The van der Waals surface area contributed by atoms with E-state index in [9.17, 15) is 4.79 Å². The van der Waals surface area contributed by atoms with Gasteiger partial charge in [0.1, 0.15) is 11.8 Å². The van der Waals surface area contributed by atoms with Gasteiger partial charge in [-0.3, -0.25) is 4.79 Å². The lowest BCUT2D eigenvalue weighted by Crippen LogP contribution is -2.35. The molecule has 112 valence electrons. The van der Waals surface area contributed by atoms with Gasteiger partial charge in [-0.1, -0.05) is 6.07 Å². The number of nitrogens with two attached hydrogens (primary N) is 1. The first-order chi connectivity index (χ1) is 10.2. The molecule has 3 rings (SSSR count). The predicted octanol–water partition coefficient (Wildman–Crippen LogP) is 0.765. The number of fused-ring (bicyclic) bond motifs is 1. The van der Waals surface area contributed by atoms with Gasteiger partial charge in [0, 0.05) is 18.9 Å². The van der Waals surface area contributed by atoms with Crippen LogP contribution in [0.5, 0.6) is 0 Å². The van der Waals surface area contributed by atoms with Crippen LogP contribution in [0.3, 0.4) is 0 Å². The summed E-state index contributed by atoms with van der Waals surface area (Å²) in [5.41, 5.74) is 8.42. The zero-order valence-electron chi connectivity index (χ0n) is 12.1. The van der Waals surface area contributed by atoms with Crippen LogP contribution in [0.2, 0.25) is 0 Å². The number of carbonyl (C=O) groups is 1. The van der Waals surface area contributed by atoms with Crippen molar-refractivity contribution in [3.05, 3.63) is 35.8 Å². The number of amides is 1. The molecule has 3 N–H and O–H groups in total. The Hall–Kier alpha value is -1.92. The molecule has 1 aliphatic rings. The monoisotopic (exact) mass is 288 g/mol. The Bertz CT molecular complexity index is 652. The second-order valence-corrected chi connectivity index (χ2v) is 5.43. The first-order valence-electron chi connectivity index (χ1n) is 7.24. The van der Waals surface area contributed by atoms with Crippen LogP contribution in [-0.4, -0.2) is 34.0 Å². The third-order valence-corrected chi connectivity index (χ3v) is 3.83. The molecule has 6 nitrogen and oxygen atoms in total. The second-order valence-electron chi connectivity index (χ2n) is 5.43. The van der Waals surface area contributed by atoms with Crippen LogP contribution in [0, 0.1) is 6.92 Å².